The van der Waals surface area contributed by atoms with Crippen LogP contribution in [0.4, 0.5) is 0 Å². The lowest BCUT2D eigenvalue weighted by Gasteiger charge is -2.47. The molecule has 48 heavy (non-hydrogen) atoms. The highest BCUT2D eigenvalue weighted by atomic mass is 16.7. The topological polar surface area (TPSA) is 138 Å². The van der Waals surface area contributed by atoms with Gasteiger partial charge in [0.2, 0.25) is 0 Å². The van der Waals surface area contributed by atoms with Crippen LogP contribution >= 0.6 is 0 Å². The Morgan fingerprint density at radius 3 is 2.25 bits per heavy atom. The number of aliphatic hydroxyl groups is 1. The van der Waals surface area contributed by atoms with Crippen LogP contribution < -0.4 is 0 Å². The van der Waals surface area contributed by atoms with Gasteiger partial charge >= 0.3 is 11.9 Å². The van der Waals surface area contributed by atoms with Crippen LogP contribution in [0.5, 0.6) is 0 Å². The fraction of sp³-hybridized carbons (Fsp3) is 0.676. The molecule has 1 aromatic rings. The average molecular weight is 674 g/mol. The van der Waals surface area contributed by atoms with Gasteiger partial charge in [-0.15, -0.1) is 0 Å². The number of ketones is 2. The van der Waals surface area contributed by atoms with Crippen molar-refractivity contribution in [3.63, 3.8) is 0 Å². The van der Waals surface area contributed by atoms with Gasteiger partial charge in [0.05, 0.1) is 29.4 Å². The zero-order valence-corrected chi connectivity index (χ0v) is 30.4. The Hall–Kier alpha value is -2.96. The number of likely N-dealkylation sites (N-methyl/N-ethyl adjacent to an activating group) is 1. The van der Waals surface area contributed by atoms with Gasteiger partial charge < -0.3 is 33.7 Å². The van der Waals surface area contributed by atoms with Crippen LogP contribution in [0, 0.1) is 17.8 Å². The van der Waals surface area contributed by atoms with E-state index in [-0.39, 0.29) is 30.8 Å². The maximum Gasteiger partial charge on any atom is 0.338 e. The maximum atomic E-state index is 14.1. The van der Waals surface area contributed by atoms with Gasteiger partial charge in [-0.25, -0.2) is 4.79 Å². The predicted molar refractivity (Wildman–Crippen MR) is 179 cm³/mol. The molecule has 1 N–H and O–H groups in total. The number of hydrogen-bond donors (Lipinski definition) is 1. The third-order valence-corrected chi connectivity index (χ3v) is 9.87. The molecule has 11 nitrogen and oxygen atoms in total. The summed E-state index contributed by atoms with van der Waals surface area (Å²) in [6, 6.07) is 8.31. The summed E-state index contributed by atoms with van der Waals surface area (Å²) in [6.07, 6.45) is -2.04. The van der Waals surface area contributed by atoms with Gasteiger partial charge in [-0.1, -0.05) is 39.0 Å². The minimum absolute atomic E-state index is 0.127. The largest absolute Gasteiger partial charge is 0.458 e. The first-order valence-electron chi connectivity index (χ1n) is 16.9. The number of Topliss-reactive ketones (excluding diaryl/α,β-unsaturated/α-hetero) is 2. The van der Waals surface area contributed by atoms with E-state index in [2.05, 4.69) is 0 Å². The molecule has 3 rings (SSSR count). The third-order valence-electron chi connectivity index (χ3n) is 9.87. The minimum Gasteiger partial charge on any atom is -0.458 e. The number of rotatable bonds is 7. The molecular formula is C37H55NO10. The molecule has 268 valence electrons. The number of esters is 2. The van der Waals surface area contributed by atoms with Gasteiger partial charge in [-0.3, -0.25) is 14.4 Å². The molecule has 0 unspecified atom stereocenters. The van der Waals surface area contributed by atoms with Crippen molar-refractivity contribution in [1.82, 2.24) is 4.90 Å². The van der Waals surface area contributed by atoms with Crippen molar-refractivity contribution >= 4 is 23.5 Å². The van der Waals surface area contributed by atoms with Gasteiger partial charge in [0, 0.05) is 18.9 Å². The molecule has 1 aromatic carbocycles. The normalized spacial score (nSPS) is 38.5. The lowest BCUT2D eigenvalue weighted by atomic mass is 9.77. The van der Waals surface area contributed by atoms with Crippen LogP contribution in [-0.4, -0.2) is 103 Å². The summed E-state index contributed by atoms with van der Waals surface area (Å²) in [7, 11) is 5.24. The van der Waals surface area contributed by atoms with Crippen molar-refractivity contribution in [2.45, 2.75) is 123 Å². The Labute approximate surface area is 285 Å². The molecule has 1 fully saturated rings. The van der Waals surface area contributed by atoms with Crippen molar-refractivity contribution < 1.29 is 48.0 Å². The summed E-state index contributed by atoms with van der Waals surface area (Å²) in [4.78, 5) is 56.5. The van der Waals surface area contributed by atoms with E-state index in [9.17, 15) is 24.3 Å². The molecule has 2 aliphatic heterocycles. The van der Waals surface area contributed by atoms with E-state index in [0.29, 0.717) is 17.6 Å². The van der Waals surface area contributed by atoms with Gasteiger partial charge in [0.15, 0.2) is 24.0 Å². The summed E-state index contributed by atoms with van der Waals surface area (Å²) in [5.41, 5.74) is -2.25. The second kappa shape index (κ2) is 16.2. The first-order valence-corrected chi connectivity index (χ1v) is 16.9. The van der Waals surface area contributed by atoms with E-state index in [1.165, 1.54) is 27.0 Å². The molecule has 1 saturated heterocycles. The van der Waals surface area contributed by atoms with E-state index in [1.807, 2.05) is 25.9 Å². The van der Waals surface area contributed by atoms with Gasteiger partial charge in [-0.05, 0) is 91.8 Å². The Kier molecular flexibility index (Phi) is 13.3. The number of ether oxygens (including phenoxy) is 5. The first kappa shape index (κ1) is 39.5. The summed E-state index contributed by atoms with van der Waals surface area (Å²) in [5.74, 6) is -4.87. The second-order valence-electron chi connectivity index (χ2n) is 14.2. The Bertz CT molecular complexity index is 1330. The Morgan fingerprint density at radius 2 is 1.69 bits per heavy atom. The first-order chi connectivity index (χ1) is 22.4. The monoisotopic (exact) mass is 673 g/mol. The van der Waals surface area contributed by atoms with Crippen LogP contribution in [-0.2, 0) is 38.1 Å². The zero-order chi connectivity index (χ0) is 36.1. The number of methoxy groups -OCH3 is 1. The zero-order valence-electron chi connectivity index (χ0n) is 30.4. The van der Waals surface area contributed by atoms with E-state index >= 15 is 0 Å². The van der Waals surface area contributed by atoms with Gasteiger partial charge in [0.25, 0.3) is 0 Å². The molecule has 0 aromatic heterocycles. The molecule has 0 bridgehead atoms. The lowest BCUT2D eigenvalue weighted by Crippen LogP contribution is -2.60. The average Bonchev–Trinajstić information content (AvgIpc) is 3.04. The smallest absolute Gasteiger partial charge is 0.338 e. The van der Waals surface area contributed by atoms with Crippen LogP contribution in [0.25, 0.3) is 0 Å². The third kappa shape index (κ3) is 8.98. The number of allylic oxidation sites excluding steroid dienone is 1. The number of hydrogen-bond acceptors (Lipinski definition) is 11. The second-order valence-corrected chi connectivity index (χ2v) is 14.2. The number of carbonyl (C=O) groups excluding carboxylic acids is 4. The van der Waals surface area contributed by atoms with E-state index in [4.69, 9.17) is 23.7 Å². The van der Waals surface area contributed by atoms with Crippen LogP contribution in [0.15, 0.2) is 42.0 Å². The summed E-state index contributed by atoms with van der Waals surface area (Å²) in [6.45, 7) is 13.4. The molecule has 0 saturated carbocycles. The van der Waals surface area contributed by atoms with E-state index in [0.717, 1.165) is 0 Å². The van der Waals surface area contributed by atoms with Crippen LogP contribution in [0.2, 0.25) is 0 Å². The van der Waals surface area contributed by atoms with E-state index in [1.54, 1.807) is 65.0 Å². The molecule has 2 heterocycles. The van der Waals surface area contributed by atoms with Crippen LogP contribution in [0.3, 0.4) is 0 Å². The highest BCUT2D eigenvalue weighted by Crippen LogP contribution is 2.38. The van der Waals surface area contributed by atoms with Crippen LogP contribution in [0.1, 0.15) is 85.0 Å². The summed E-state index contributed by atoms with van der Waals surface area (Å²) >= 11 is 0. The van der Waals surface area contributed by atoms with Gasteiger partial charge in [-0.2, -0.15) is 0 Å². The van der Waals surface area contributed by atoms with Crippen molar-refractivity contribution in [2.75, 3.05) is 21.2 Å². The highest BCUT2D eigenvalue weighted by molar-refractivity contribution is 6.00. The Balaban J connectivity index is 2.12. The molecule has 2 aliphatic rings. The maximum absolute atomic E-state index is 14.1. The van der Waals surface area contributed by atoms with Crippen molar-refractivity contribution in [1.29, 1.82) is 0 Å². The molecular weight excluding hydrogens is 618 g/mol. The number of nitrogens with zero attached hydrogens (tertiary/aromatic N) is 1. The molecule has 0 aliphatic carbocycles. The standard InChI is InChI=1S/C37H55NO10/c1-12-28-36(7,43)19-21(2)29(39)22(3)20-37(8,44-11)32(24(5)30(40)25(6)33(41)46-28)48-35-31(27(38(9)10)18-23(4)45-35)47-34(42)26-16-14-13-15-17-26/h13-17,19,22-25,27-28,31-32,35,43H,12,18,20H2,1-11H3/b21-19+/t22-,23-,24+,25-,27+,28-,31-,32-,35+,36+,37+/m1/s1. The summed E-state index contributed by atoms with van der Waals surface area (Å²) < 4.78 is 31.0. The quantitative estimate of drug-likeness (QED) is 0.323. The summed E-state index contributed by atoms with van der Waals surface area (Å²) in [5, 5.41) is 11.3. The lowest BCUT2D eigenvalue weighted by molar-refractivity contribution is -0.294. The Morgan fingerprint density at radius 1 is 1.06 bits per heavy atom. The molecule has 0 amide bonds. The van der Waals surface area contributed by atoms with Crippen molar-refractivity contribution in [3.05, 3.63) is 47.5 Å². The molecule has 11 atom stereocenters. The minimum atomic E-state index is -1.65. The van der Waals surface area contributed by atoms with E-state index < -0.39 is 71.3 Å². The molecule has 11 heteroatoms. The fourth-order valence-electron chi connectivity index (χ4n) is 6.99. The number of benzene rings is 1. The fourth-order valence-corrected chi connectivity index (χ4v) is 6.99. The SMILES string of the molecule is CC[C@H]1OC(=O)[C@H](C)C(=O)[C@H](C)[C@@H](O[C@@H]2O[C@H](C)C[C@H](N(C)C)[C@H]2OC(=O)c2ccccc2)[C@@](C)(OC)C[C@@H](C)C(=O)/C(C)=C/[C@]1(C)O. The molecule has 0 radical (unpaired) electrons. The number of cyclic esters (lactones) is 1. The van der Waals surface area contributed by atoms with Crippen molar-refractivity contribution in [2.24, 2.45) is 17.8 Å². The predicted octanol–water partition coefficient (Wildman–Crippen LogP) is 4.54. The van der Waals surface area contributed by atoms with Gasteiger partial charge in [0.1, 0.15) is 17.6 Å². The number of carbonyl (C=O) groups is 4. The highest BCUT2D eigenvalue weighted by Gasteiger charge is 2.51. The molecule has 0 spiro atoms. The van der Waals surface area contributed by atoms with Crippen molar-refractivity contribution in [3.8, 4) is 0 Å².